The Morgan fingerprint density at radius 2 is 1.28 bits per heavy atom. The Hall–Kier alpha value is -0.140. The van der Waals surface area contributed by atoms with Crippen molar-refractivity contribution in [3.05, 3.63) is 0 Å². The first-order valence-electron chi connectivity index (χ1n) is 11.4. The van der Waals surface area contributed by atoms with Gasteiger partial charge >= 0.3 is 0 Å². The predicted molar refractivity (Wildman–Crippen MR) is 102 cm³/mol. The van der Waals surface area contributed by atoms with Crippen molar-refractivity contribution in [3.8, 4) is 0 Å². The van der Waals surface area contributed by atoms with E-state index in [2.05, 4.69) is 13.8 Å². The highest BCUT2D eigenvalue weighted by atomic mass is 19.2. The molecule has 4 unspecified atom stereocenters. The first-order chi connectivity index (χ1) is 12.1. The second-order valence-corrected chi connectivity index (χ2v) is 9.71. The van der Waals surface area contributed by atoms with Gasteiger partial charge in [0.05, 0.1) is 0 Å². The van der Waals surface area contributed by atoms with Gasteiger partial charge in [0.1, 0.15) is 12.3 Å². The first kappa shape index (κ1) is 19.6. The van der Waals surface area contributed by atoms with E-state index in [-0.39, 0.29) is 0 Å². The van der Waals surface area contributed by atoms with Crippen LogP contribution < -0.4 is 0 Å². The normalized spacial score (nSPS) is 44.4. The van der Waals surface area contributed by atoms with Gasteiger partial charge in [-0.3, -0.25) is 0 Å². The lowest BCUT2D eigenvalue weighted by atomic mass is 9.64. The number of rotatable bonds is 5. The molecule has 3 rings (SSSR count). The van der Waals surface area contributed by atoms with Crippen LogP contribution in [-0.2, 0) is 0 Å². The Morgan fingerprint density at radius 1 is 0.720 bits per heavy atom. The van der Waals surface area contributed by atoms with Crippen LogP contribution in [0.5, 0.6) is 0 Å². The third-order valence-electron chi connectivity index (χ3n) is 8.29. The molecule has 0 N–H and O–H groups in total. The van der Waals surface area contributed by atoms with E-state index < -0.39 is 12.3 Å². The van der Waals surface area contributed by atoms with E-state index in [0.717, 1.165) is 30.1 Å². The summed E-state index contributed by atoms with van der Waals surface area (Å²) in [6.45, 7) is 4.83. The van der Waals surface area contributed by atoms with Crippen molar-refractivity contribution in [3.63, 3.8) is 0 Å². The Bertz CT molecular complexity index is 380. The maximum absolute atomic E-state index is 13.7. The van der Waals surface area contributed by atoms with Gasteiger partial charge in [-0.15, -0.1) is 0 Å². The van der Waals surface area contributed by atoms with Gasteiger partial charge in [-0.05, 0) is 93.3 Å². The Morgan fingerprint density at radius 3 is 1.84 bits per heavy atom. The van der Waals surface area contributed by atoms with Crippen LogP contribution in [0.15, 0.2) is 0 Å². The molecule has 2 heteroatoms. The molecular formula is C23H40F2. The predicted octanol–water partition coefficient (Wildman–Crippen LogP) is 7.51. The average molecular weight is 355 g/mol. The molecule has 25 heavy (non-hydrogen) atoms. The van der Waals surface area contributed by atoms with Crippen LogP contribution >= 0.6 is 0 Å². The molecule has 3 saturated carbocycles. The molecule has 0 aliphatic heterocycles. The summed E-state index contributed by atoms with van der Waals surface area (Å²) < 4.78 is 27.1. The fraction of sp³-hybridized carbons (Fsp3) is 1.00. The molecule has 0 aromatic carbocycles. The molecule has 3 aliphatic carbocycles. The fourth-order valence-corrected chi connectivity index (χ4v) is 6.48. The topological polar surface area (TPSA) is 0 Å². The zero-order chi connectivity index (χ0) is 17.8. The van der Waals surface area contributed by atoms with Crippen molar-refractivity contribution in [2.75, 3.05) is 0 Å². The SMILES string of the molecule is CCCC1CCC(C(C)C2CCC(C3CCC(F)C(F)C3)CC2)CC1. The minimum absolute atomic E-state index is 0.461. The number of hydrogen-bond acceptors (Lipinski definition) is 0. The largest absolute Gasteiger partial charge is 0.244 e. The maximum Gasteiger partial charge on any atom is 0.131 e. The summed E-state index contributed by atoms with van der Waals surface area (Å²) >= 11 is 0. The molecular weight excluding hydrogens is 314 g/mol. The molecule has 3 fully saturated rings. The highest BCUT2D eigenvalue weighted by Crippen LogP contribution is 2.46. The number of hydrogen-bond donors (Lipinski definition) is 0. The van der Waals surface area contributed by atoms with E-state index in [1.165, 1.54) is 64.2 Å². The van der Waals surface area contributed by atoms with Crippen molar-refractivity contribution >= 4 is 0 Å². The summed E-state index contributed by atoms with van der Waals surface area (Å²) in [5.74, 6) is 4.86. The molecule has 0 radical (unpaired) electrons. The van der Waals surface area contributed by atoms with Gasteiger partial charge in [-0.2, -0.15) is 0 Å². The molecule has 4 atom stereocenters. The van der Waals surface area contributed by atoms with E-state index in [0.29, 0.717) is 24.7 Å². The van der Waals surface area contributed by atoms with Gasteiger partial charge in [0.25, 0.3) is 0 Å². The molecule has 0 bridgehead atoms. The van der Waals surface area contributed by atoms with Gasteiger partial charge in [-0.1, -0.05) is 39.5 Å². The van der Waals surface area contributed by atoms with Crippen molar-refractivity contribution in [2.24, 2.45) is 35.5 Å². The molecule has 3 aliphatic rings. The number of halogens is 2. The average Bonchev–Trinajstić information content (AvgIpc) is 2.64. The van der Waals surface area contributed by atoms with Crippen LogP contribution in [0.3, 0.4) is 0 Å². The molecule has 0 aromatic rings. The van der Waals surface area contributed by atoms with Crippen LogP contribution in [0.4, 0.5) is 8.78 Å². The quantitative estimate of drug-likeness (QED) is 0.479. The summed E-state index contributed by atoms with van der Waals surface area (Å²) in [5.41, 5.74) is 0. The highest BCUT2D eigenvalue weighted by molar-refractivity contribution is 4.88. The van der Waals surface area contributed by atoms with E-state index in [1.54, 1.807) is 0 Å². The van der Waals surface area contributed by atoms with Crippen LogP contribution in [-0.4, -0.2) is 12.3 Å². The van der Waals surface area contributed by atoms with E-state index in [9.17, 15) is 8.78 Å². The highest BCUT2D eigenvalue weighted by Gasteiger charge is 2.38. The van der Waals surface area contributed by atoms with Crippen LogP contribution in [0.25, 0.3) is 0 Å². The summed E-state index contributed by atoms with van der Waals surface area (Å²) in [5, 5.41) is 0. The zero-order valence-electron chi connectivity index (χ0n) is 16.6. The van der Waals surface area contributed by atoms with Crippen LogP contribution in [0.1, 0.15) is 97.3 Å². The molecule has 0 aromatic heterocycles. The Kier molecular flexibility index (Phi) is 7.20. The zero-order valence-corrected chi connectivity index (χ0v) is 16.6. The maximum atomic E-state index is 13.7. The standard InChI is InChI=1S/C23H40F2/c1-3-4-17-5-7-18(8-6-17)16(2)19-9-11-20(12-10-19)21-13-14-22(24)23(25)15-21/h16-23H,3-15H2,1-2H3. The number of alkyl halides is 2. The third-order valence-corrected chi connectivity index (χ3v) is 8.29. The summed E-state index contributed by atoms with van der Waals surface area (Å²) in [6.07, 6.45) is 13.3. The van der Waals surface area contributed by atoms with E-state index in [1.807, 2.05) is 0 Å². The lowest BCUT2D eigenvalue weighted by Crippen LogP contribution is -2.34. The van der Waals surface area contributed by atoms with Gasteiger partial charge in [-0.25, -0.2) is 8.78 Å². The smallest absolute Gasteiger partial charge is 0.131 e. The van der Waals surface area contributed by atoms with Crippen molar-refractivity contribution < 1.29 is 8.78 Å². The Balaban J connectivity index is 1.41. The summed E-state index contributed by atoms with van der Waals surface area (Å²) in [7, 11) is 0. The fourth-order valence-electron chi connectivity index (χ4n) is 6.48. The molecule has 0 heterocycles. The molecule has 0 spiro atoms. The van der Waals surface area contributed by atoms with Crippen molar-refractivity contribution in [1.82, 2.24) is 0 Å². The molecule has 0 saturated heterocycles. The van der Waals surface area contributed by atoms with E-state index >= 15 is 0 Å². The second kappa shape index (κ2) is 9.18. The third kappa shape index (κ3) is 4.98. The van der Waals surface area contributed by atoms with Crippen LogP contribution in [0.2, 0.25) is 0 Å². The van der Waals surface area contributed by atoms with Crippen molar-refractivity contribution in [2.45, 2.75) is 110 Å². The summed E-state index contributed by atoms with van der Waals surface area (Å²) in [4.78, 5) is 0. The van der Waals surface area contributed by atoms with Crippen molar-refractivity contribution in [1.29, 1.82) is 0 Å². The van der Waals surface area contributed by atoms with Gasteiger partial charge in [0, 0.05) is 0 Å². The molecule has 0 amide bonds. The van der Waals surface area contributed by atoms with Crippen LogP contribution in [0, 0.1) is 35.5 Å². The van der Waals surface area contributed by atoms with E-state index in [4.69, 9.17) is 0 Å². The summed E-state index contributed by atoms with van der Waals surface area (Å²) in [6, 6.07) is 0. The van der Waals surface area contributed by atoms with Gasteiger partial charge < -0.3 is 0 Å². The molecule has 0 nitrogen and oxygen atoms in total. The minimum Gasteiger partial charge on any atom is -0.244 e. The van der Waals surface area contributed by atoms with Gasteiger partial charge in [0.15, 0.2) is 0 Å². The Labute approximate surface area is 154 Å². The monoisotopic (exact) mass is 354 g/mol. The minimum atomic E-state index is -1.19. The molecule has 146 valence electrons. The lowest BCUT2D eigenvalue weighted by molar-refractivity contribution is 0.0455. The van der Waals surface area contributed by atoms with Gasteiger partial charge in [0.2, 0.25) is 0 Å². The first-order valence-corrected chi connectivity index (χ1v) is 11.4. The lowest BCUT2D eigenvalue weighted by Gasteiger charge is -2.42. The second-order valence-electron chi connectivity index (χ2n) is 9.71.